The van der Waals surface area contributed by atoms with E-state index in [2.05, 4.69) is 20.5 Å². The van der Waals surface area contributed by atoms with Crippen molar-refractivity contribution < 1.29 is 22.7 Å². The zero-order valence-electron chi connectivity index (χ0n) is 18.5. The molecule has 1 aliphatic rings. The highest BCUT2D eigenvalue weighted by atomic mass is 32.2. The Morgan fingerprint density at radius 2 is 2.03 bits per heavy atom. The van der Waals surface area contributed by atoms with Gasteiger partial charge in [0.25, 0.3) is 0 Å². The lowest BCUT2D eigenvalue weighted by molar-refractivity contribution is 0.0985. The Morgan fingerprint density at radius 3 is 2.69 bits per heavy atom. The van der Waals surface area contributed by atoms with Crippen LogP contribution in [0.2, 0.25) is 0 Å². The molecule has 0 bridgehead atoms. The summed E-state index contributed by atoms with van der Waals surface area (Å²) in [5.74, 6) is 0.926. The molecule has 0 aliphatic carbocycles. The molecule has 0 radical (unpaired) electrons. The third kappa shape index (κ3) is 6.87. The summed E-state index contributed by atoms with van der Waals surface area (Å²) in [6, 6.07) is 8.58. The number of urea groups is 1. The second-order valence-electron chi connectivity index (χ2n) is 7.68. The molecule has 2 N–H and O–H groups in total. The molecule has 0 unspecified atom stereocenters. The number of morpholine rings is 1. The number of carbonyl (C=O) groups is 1. The second kappa shape index (κ2) is 10.7. The smallest absolute Gasteiger partial charge is 0.319 e. The number of carbonyl (C=O) groups excluding carboxylic acids is 1. The average molecular weight is 464 g/mol. The van der Waals surface area contributed by atoms with Crippen molar-refractivity contribution >= 4 is 27.4 Å². The quantitative estimate of drug-likeness (QED) is 0.567. The molecule has 2 aromatic rings. The van der Waals surface area contributed by atoms with Gasteiger partial charge in [-0.2, -0.15) is 0 Å². The van der Waals surface area contributed by atoms with E-state index in [0.717, 1.165) is 0 Å². The van der Waals surface area contributed by atoms with Gasteiger partial charge in [0, 0.05) is 43.8 Å². The average Bonchev–Trinajstić information content (AvgIpc) is 2.73. The van der Waals surface area contributed by atoms with Crippen molar-refractivity contribution in [1.29, 1.82) is 0 Å². The van der Waals surface area contributed by atoms with Crippen molar-refractivity contribution in [3.05, 3.63) is 36.0 Å². The molecule has 0 saturated carbocycles. The number of hydrogen-bond acceptors (Lipinski definition) is 8. The van der Waals surface area contributed by atoms with Gasteiger partial charge < -0.3 is 25.0 Å². The number of nitrogens with one attached hydrogen (secondary N) is 2. The highest BCUT2D eigenvalue weighted by molar-refractivity contribution is 7.89. The van der Waals surface area contributed by atoms with Crippen molar-refractivity contribution in [3.8, 4) is 11.4 Å². The molecule has 1 saturated heterocycles. The number of anilines is 2. The maximum absolute atomic E-state index is 11.9. The number of ether oxygens (including phenoxy) is 2. The van der Waals surface area contributed by atoms with Crippen LogP contribution >= 0.6 is 0 Å². The highest BCUT2D eigenvalue weighted by Gasteiger charge is 2.22. The number of nitrogens with zero attached hydrogens (tertiary/aromatic N) is 3. The molecule has 1 aromatic heterocycles. The van der Waals surface area contributed by atoms with Gasteiger partial charge in [0.05, 0.1) is 37.3 Å². The lowest BCUT2D eigenvalue weighted by Gasteiger charge is -2.34. The first-order valence-electron chi connectivity index (χ1n) is 10.3. The normalized spacial score (nSPS) is 16.6. The Kier molecular flexibility index (Phi) is 7.99. The number of methoxy groups -OCH3 is 1. The van der Waals surface area contributed by atoms with E-state index in [1.165, 1.54) is 6.26 Å². The van der Waals surface area contributed by atoms with E-state index in [9.17, 15) is 13.2 Å². The number of benzene rings is 1. The van der Waals surface area contributed by atoms with Crippen LogP contribution in [0.4, 0.5) is 16.3 Å². The number of sulfone groups is 1. The fourth-order valence-corrected chi connectivity index (χ4v) is 4.00. The Bertz CT molecular complexity index is 1030. The van der Waals surface area contributed by atoms with Gasteiger partial charge >= 0.3 is 6.03 Å². The number of aromatic nitrogens is 2. The van der Waals surface area contributed by atoms with Crippen LogP contribution in [0.25, 0.3) is 11.4 Å². The van der Waals surface area contributed by atoms with Crippen LogP contribution in [0.15, 0.2) is 30.3 Å². The fourth-order valence-electron chi connectivity index (χ4n) is 3.31. The molecular formula is C21H29N5O5S. The van der Waals surface area contributed by atoms with Gasteiger partial charge in [-0.25, -0.2) is 23.2 Å². The highest BCUT2D eigenvalue weighted by Crippen LogP contribution is 2.25. The van der Waals surface area contributed by atoms with Crippen LogP contribution in [0, 0.1) is 0 Å². The molecular weight excluding hydrogens is 434 g/mol. The molecule has 11 heteroatoms. The van der Waals surface area contributed by atoms with Gasteiger partial charge in [-0.3, -0.25) is 0 Å². The predicted octanol–water partition coefficient (Wildman–Crippen LogP) is 1.68. The molecule has 174 valence electrons. The summed E-state index contributed by atoms with van der Waals surface area (Å²) < 4.78 is 34.2. The summed E-state index contributed by atoms with van der Waals surface area (Å²) >= 11 is 0. The summed E-state index contributed by atoms with van der Waals surface area (Å²) in [6.07, 6.45) is 1.18. The minimum Gasteiger partial charge on any atom is -0.383 e. The molecule has 1 fully saturated rings. The predicted molar refractivity (Wildman–Crippen MR) is 123 cm³/mol. The first-order valence-corrected chi connectivity index (χ1v) is 12.4. The van der Waals surface area contributed by atoms with E-state index >= 15 is 0 Å². The Hall–Kier alpha value is -2.76. The van der Waals surface area contributed by atoms with Crippen molar-refractivity contribution in [2.45, 2.75) is 18.7 Å². The summed E-state index contributed by atoms with van der Waals surface area (Å²) in [5.41, 5.74) is 1.76. The van der Waals surface area contributed by atoms with Crippen molar-refractivity contribution in [1.82, 2.24) is 15.3 Å². The van der Waals surface area contributed by atoms with E-state index in [1.807, 2.05) is 6.92 Å². The van der Waals surface area contributed by atoms with E-state index in [4.69, 9.17) is 14.5 Å². The molecule has 32 heavy (non-hydrogen) atoms. The SMILES string of the molecule is COCCNC(=O)Nc1ccc(-c2nc(CS(C)(=O)=O)cc(N3CCOC[C@@H]3C)n2)cc1. The van der Waals surface area contributed by atoms with Crippen LogP contribution in [0.1, 0.15) is 12.6 Å². The van der Waals surface area contributed by atoms with Gasteiger partial charge in [0.2, 0.25) is 0 Å². The monoisotopic (exact) mass is 463 g/mol. The van der Waals surface area contributed by atoms with Gasteiger partial charge in [-0.05, 0) is 31.2 Å². The van der Waals surface area contributed by atoms with Crippen molar-refractivity contribution in [3.63, 3.8) is 0 Å². The van der Waals surface area contributed by atoms with Gasteiger partial charge in [-0.15, -0.1) is 0 Å². The van der Waals surface area contributed by atoms with Crippen LogP contribution in [-0.2, 0) is 25.1 Å². The van der Waals surface area contributed by atoms with E-state index in [0.29, 0.717) is 61.5 Å². The Balaban J connectivity index is 1.84. The lowest BCUT2D eigenvalue weighted by atomic mass is 10.2. The Morgan fingerprint density at radius 1 is 1.28 bits per heavy atom. The summed E-state index contributed by atoms with van der Waals surface area (Å²) in [5, 5.41) is 5.43. The maximum atomic E-state index is 11.9. The second-order valence-corrected chi connectivity index (χ2v) is 9.82. The zero-order chi connectivity index (χ0) is 23.1. The topological polar surface area (TPSA) is 123 Å². The Labute approximate surface area is 188 Å². The van der Waals surface area contributed by atoms with E-state index < -0.39 is 9.84 Å². The number of rotatable bonds is 8. The van der Waals surface area contributed by atoms with Crippen molar-refractivity contribution in [2.24, 2.45) is 0 Å². The molecule has 1 atom stereocenters. The molecule has 1 aromatic carbocycles. The molecule has 10 nitrogen and oxygen atoms in total. The summed E-state index contributed by atoms with van der Waals surface area (Å²) in [7, 11) is -1.70. The zero-order valence-corrected chi connectivity index (χ0v) is 19.3. The summed E-state index contributed by atoms with van der Waals surface area (Å²) in [4.78, 5) is 23.2. The minimum atomic E-state index is -3.26. The van der Waals surface area contributed by atoms with Gasteiger partial charge in [0.1, 0.15) is 5.82 Å². The van der Waals surface area contributed by atoms with Crippen LogP contribution in [0.5, 0.6) is 0 Å². The van der Waals surface area contributed by atoms with Gasteiger partial charge in [0.15, 0.2) is 15.7 Å². The molecule has 2 amide bonds. The van der Waals surface area contributed by atoms with Gasteiger partial charge in [-0.1, -0.05) is 0 Å². The third-order valence-electron chi connectivity index (χ3n) is 4.83. The standard InChI is InChI=1S/C21H29N5O5S/c1-15-13-31-11-9-26(15)19-12-18(14-32(3,28)29)23-20(25-19)16-4-6-17(7-5-16)24-21(27)22-8-10-30-2/h4-7,12,15H,8-11,13-14H2,1-3H3,(H2,22,24,27)/t15-/m0/s1. The first kappa shape index (κ1) is 23.9. The molecule has 3 rings (SSSR count). The minimum absolute atomic E-state index is 0.112. The lowest BCUT2D eigenvalue weighted by Crippen LogP contribution is -2.44. The molecule has 1 aliphatic heterocycles. The van der Waals surface area contributed by atoms with E-state index in [1.54, 1.807) is 37.4 Å². The third-order valence-corrected chi connectivity index (χ3v) is 5.65. The van der Waals surface area contributed by atoms with Crippen LogP contribution < -0.4 is 15.5 Å². The molecule has 0 spiro atoms. The van der Waals surface area contributed by atoms with Crippen LogP contribution in [0.3, 0.4) is 0 Å². The van der Waals surface area contributed by atoms with Crippen molar-refractivity contribution in [2.75, 3.05) is 56.5 Å². The summed E-state index contributed by atoms with van der Waals surface area (Å²) in [6.45, 7) is 4.69. The number of hydrogen-bond donors (Lipinski definition) is 2. The maximum Gasteiger partial charge on any atom is 0.319 e. The molecule has 2 heterocycles. The fraction of sp³-hybridized carbons (Fsp3) is 0.476. The number of amides is 2. The van der Waals surface area contributed by atoms with Crippen LogP contribution in [-0.4, -0.2) is 76.7 Å². The first-order chi connectivity index (χ1) is 15.2. The largest absolute Gasteiger partial charge is 0.383 e. The van der Waals surface area contributed by atoms with E-state index in [-0.39, 0.29) is 17.8 Å².